The fraction of sp³-hybridized carbons (Fsp3) is 0.421. The zero-order valence-corrected chi connectivity index (χ0v) is 15.1. The Labute approximate surface area is 153 Å². The molecule has 2 N–H and O–H groups in total. The van der Waals surface area contributed by atoms with Crippen LogP contribution in [0.25, 0.3) is 0 Å². The van der Waals surface area contributed by atoms with Crippen molar-refractivity contribution < 1.29 is 9.21 Å². The van der Waals surface area contributed by atoms with Crippen molar-refractivity contribution >= 4 is 17.8 Å². The molecule has 134 valence electrons. The normalized spacial score (nSPS) is 15.8. The molecular formula is C19H25N3O2S. The second-order valence-corrected chi connectivity index (χ2v) is 7.24. The van der Waals surface area contributed by atoms with Gasteiger partial charge in [0.2, 0.25) is 0 Å². The monoisotopic (exact) mass is 359 g/mol. The summed E-state index contributed by atoms with van der Waals surface area (Å²) in [7, 11) is 0. The molecule has 1 saturated heterocycles. The van der Waals surface area contributed by atoms with Crippen molar-refractivity contribution in [2.45, 2.75) is 23.8 Å². The average Bonchev–Trinajstić information content (AvgIpc) is 3.34. The fourth-order valence-electron chi connectivity index (χ4n) is 3.05. The predicted molar refractivity (Wildman–Crippen MR) is 101 cm³/mol. The topological polar surface area (TPSA) is 57.5 Å². The summed E-state index contributed by atoms with van der Waals surface area (Å²) in [5, 5.41) is 5.91. The lowest BCUT2D eigenvalue weighted by Gasteiger charge is -2.26. The van der Waals surface area contributed by atoms with E-state index in [1.54, 1.807) is 18.0 Å². The van der Waals surface area contributed by atoms with Crippen molar-refractivity contribution in [1.82, 2.24) is 15.5 Å². The van der Waals surface area contributed by atoms with Crippen LogP contribution in [0.1, 0.15) is 24.6 Å². The van der Waals surface area contributed by atoms with Crippen LogP contribution >= 0.6 is 11.8 Å². The molecule has 1 fully saturated rings. The maximum absolute atomic E-state index is 12.1. The third kappa shape index (κ3) is 5.54. The van der Waals surface area contributed by atoms with Crippen LogP contribution in [-0.4, -0.2) is 42.9 Å². The van der Waals surface area contributed by atoms with E-state index in [1.807, 2.05) is 30.3 Å². The Morgan fingerprint density at radius 3 is 2.64 bits per heavy atom. The van der Waals surface area contributed by atoms with Gasteiger partial charge >= 0.3 is 6.03 Å². The van der Waals surface area contributed by atoms with E-state index >= 15 is 0 Å². The van der Waals surface area contributed by atoms with Crippen LogP contribution in [0.5, 0.6) is 0 Å². The molecule has 2 amide bonds. The highest BCUT2D eigenvalue weighted by atomic mass is 32.2. The van der Waals surface area contributed by atoms with E-state index in [1.165, 1.54) is 17.7 Å². The van der Waals surface area contributed by atoms with Gasteiger partial charge in [-0.3, -0.25) is 4.90 Å². The van der Waals surface area contributed by atoms with Gasteiger partial charge in [0.1, 0.15) is 5.76 Å². The number of nitrogens with zero attached hydrogens (tertiary/aromatic N) is 1. The van der Waals surface area contributed by atoms with E-state index in [-0.39, 0.29) is 12.1 Å². The molecule has 0 saturated carbocycles. The maximum atomic E-state index is 12.1. The third-order valence-electron chi connectivity index (χ3n) is 4.31. The molecule has 1 aliphatic heterocycles. The summed E-state index contributed by atoms with van der Waals surface area (Å²) in [5.74, 6) is 1.77. The van der Waals surface area contributed by atoms with Gasteiger partial charge in [-0.05, 0) is 50.2 Å². The molecule has 1 aromatic carbocycles. The minimum absolute atomic E-state index is 0.113. The largest absolute Gasteiger partial charge is 0.468 e. The van der Waals surface area contributed by atoms with Crippen LogP contribution in [0, 0.1) is 0 Å². The smallest absolute Gasteiger partial charge is 0.314 e. The third-order valence-corrected chi connectivity index (χ3v) is 5.32. The highest BCUT2D eigenvalue weighted by Crippen LogP contribution is 2.24. The summed E-state index contributed by atoms with van der Waals surface area (Å²) in [4.78, 5) is 15.7. The molecular weight excluding hydrogens is 334 g/mol. The Hall–Kier alpha value is -1.92. The van der Waals surface area contributed by atoms with Crippen LogP contribution in [0.4, 0.5) is 4.79 Å². The number of hydrogen-bond donors (Lipinski definition) is 2. The summed E-state index contributed by atoms with van der Waals surface area (Å²) in [6, 6.07) is 14.1. The first kappa shape index (κ1) is 17.9. The standard InChI is InChI=1S/C19H25N3O2S/c23-19(20-10-14-25-16-7-2-1-3-8-16)21-15-17(18-9-6-13-24-18)22-11-4-5-12-22/h1-3,6-9,13,17H,4-5,10-12,14-15H2,(H2,20,21,23). The van der Waals surface area contributed by atoms with E-state index in [2.05, 4.69) is 27.7 Å². The van der Waals surface area contributed by atoms with Gasteiger partial charge in [-0.2, -0.15) is 0 Å². The number of carbonyl (C=O) groups is 1. The Bertz CT molecular complexity index is 627. The van der Waals surface area contributed by atoms with Gasteiger partial charge in [-0.1, -0.05) is 18.2 Å². The van der Waals surface area contributed by atoms with Crippen LogP contribution in [0.15, 0.2) is 58.0 Å². The first-order valence-corrected chi connectivity index (χ1v) is 9.78. The fourth-order valence-corrected chi connectivity index (χ4v) is 3.84. The summed E-state index contributed by atoms with van der Waals surface area (Å²) >= 11 is 1.74. The number of urea groups is 1. The average molecular weight is 359 g/mol. The quantitative estimate of drug-likeness (QED) is 0.559. The number of furan rings is 1. The second-order valence-electron chi connectivity index (χ2n) is 6.07. The minimum atomic E-state index is -0.121. The van der Waals surface area contributed by atoms with E-state index in [0.717, 1.165) is 24.6 Å². The lowest BCUT2D eigenvalue weighted by molar-refractivity contribution is 0.203. The molecule has 3 rings (SSSR count). The van der Waals surface area contributed by atoms with Crippen molar-refractivity contribution in [3.8, 4) is 0 Å². The SMILES string of the molecule is O=C(NCCSc1ccccc1)NCC(c1ccco1)N1CCCC1. The molecule has 1 aliphatic rings. The predicted octanol–water partition coefficient (Wildman–Crippen LogP) is 3.51. The van der Waals surface area contributed by atoms with E-state index in [0.29, 0.717) is 13.1 Å². The van der Waals surface area contributed by atoms with Crippen LogP contribution < -0.4 is 10.6 Å². The van der Waals surface area contributed by atoms with Crippen LogP contribution in [-0.2, 0) is 0 Å². The zero-order valence-electron chi connectivity index (χ0n) is 14.3. The number of carbonyl (C=O) groups excluding carboxylic acids is 1. The number of amides is 2. The maximum Gasteiger partial charge on any atom is 0.314 e. The highest BCUT2D eigenvalue weighted by Gasteiger charge is 2.25. The molecule has 2 aromatic rings. The number of benzene rings is 1. The van der Waals surface area contributed by atoms with Gasteiger partial charge < -0.3 is 15.1 Å². The summed E-state index contributed by atoms with van der Waals surface area (Å²) in [5.41, 5.74) is 0. The van der Waals surface area contributed by atoms with Gasteiger partial charge in [0, 0.05) is 23.7 Å². The number of hydrogen-bond acceptors (Lipinski definition) is 4. The van der Waals surface area contributed by atoms with E-state index < -0.39 is 0 Å². The molecule has 1 atom stereocenters. The lowest BCUT2D eigenvalue weighted by atomic mass is 10.2. The van der Waals surface area contributed by atoms with Crippen molar-refractivity contribution in [2.24, 2.45) is 0 Å². The number of likely N-dealkylation sites (tertiary alicyclic amines) is 1. The molecule has 0 aliphatic carbocycles. The number of nitrogens with one attached hydrogen (secondary N) is 2. The van der Waals surface area contributed by atoms with Crippen molar-refractivity contribution in [3.05, 3.63) is 54.5 Å². The number of rotatable bonds is 8. The van der Waals surface area contributed by atoms with Gasteiger partial charge in [0.15, 0.2) is 0 Å². The number of thioether (sulfide) groups is 1. The van der Waals surface area contributed by atoms with Gasteiger partial charge in [-0.15, -0.1) is 11.8 Å². The van der Waals surface area contributed by atoms with Gasteiger partial charge in [0.25, 0.3) is 0 Å². The van der Waals surface area contributed by atoms with Gasteiger partial charge in [0.05, 0.1) is 12.3 Å². The van der Waals surface area contributed by atoms with Crippen molar-refractivity contribution in [2.75, 3.05) is 31.9 Å². The summed E-state index contributed by atoms with van der Waals surface area (Å²) in [6.07, 6.45) is 4.11. The van der Waals surface area contributed by atoms with Gasteiger partial charge in [-0.25, -0.2) is 4.79 Å². The molecule has 1 aromatic heterocycles. The first-order chi connectivity index (χ1) is 12.3. The second kappa shape index (κ2) is 9.53. The van der Waals surface area contributed by atoms with Crippen molar-refractivity contribution in [1.29, 1.82) is 0 Å². The Morgan fingerprint density at radius 2 is 1.92 bits per heavy atom. The Morgan fingerprint density at radius 1 is 1.12 bits per heavy atom. The molecule has 0 bridgehead atoms. The van der Waals surface area contributed by atoms with Crippen LogP contribution in [0.2, 0.25) is 0 Å². The molecule has 0 radical (unpaired) electrons. The molecule has 5 nitrogen and oxygen atoms in total. The molecule has 1 unspecified atom stereocenters. The van der Waals surface area contributed by atoms with E-state index in [4.69, 9.17) is 4.42 Å². The molecule has 25 heavy (non-hydrogen) atoms. The molecule has 0 spiro atoms. The van der Waals surface area contributed by atoms with E-state index in [9.17, 15) is 4.79 Å². The Kier molecular flexibility index (Phi) is 6.82. The van der Waals surface area contributed by atoms with Crippen molar-refractivity contribution in [3.63, 3.8) is 0 Å². The lowest BCUT2D eigenvalue weighted by Crippen LogP contribution is -2.42. The minimum Gasteiger partial charge on any atom is -0.468 e. The molecule has 6 heteroatoms. The molecule has 2 heterocycles. The zero-order chi connectivity index (χ0) is 17.3. The van der Waals surface area contributed by atoms with Crippen LogP contribution in [0.3, 0.4) is 0 Å². The Balaban J connectivity index is 1.39. The highest BCUT2D eigenvalue weighted by molar-refractivity contribution is 7.99. The first-order valence-electron chi connectivity index (χ1n) is 8.80. The summed E-state index contributed by atoms with van der Waals surface area (Å²) < 4.78 is 5.57. The summed E-state index contributed by atoms with van der Waals surface area (Å²) in [6.45, 7) is 3.32.